The normalized spacial score (nSPS) is 17.1. The molecule has 9 nitrogen and oxygen atoms in total. The van der Waals surface area contributed by atoms with Gasteiger partial charge in [0.15, 0.2) is 0 Å². The van der Waals surface area contributed by atoms with Crippen LogP contribution in [0.1, 0.15) is 49.5 Å². The molecule has 3 rings (SSSR count). The lowest BCUT2D eigenvalue weighted by Gasteiger charge is -2.35. The standard InChI is InChI=1S/C24H37N5O4/c1-18-8-7-9-19(21(30)28-11-5-6-12-28)20(18)26-22(31)25-10-13-27-14-16-29(17-15-27)23(32)33-24(2,3)4/h7-9H,5-6,10-17H2,1-4H3,(H2,25,26,31). The van der Waals surface area contributed by atoms with Crippen LogP contribution in [-0.2, 0) is 4.74 Å². The smallest absolute Gasteiger partial charge is 0.410 e. The Kier molecular flexibility index (Phi) is 8.18. The molecule has 1 aromatic carbocycles. The molecule has 9 heteroatoms. The molecule has 0 bridgehead atoms. The highest BCUT2D eigenvalue weighted by Crippen LogP contribution is 2.24. The molecule has 0 atom stereocenters. The van der Waals surface area contributed by atoms with Crippen molar-refractivity contribution in [3.63, 3.8) is 0 Å². The summed E-state index contributed by atoms with van der Waals surface area (Å²) in [6.07, 6.45) is 1.76. The van der Waals surface area contributed by atoms with Crippen LogP contribution >= 0.6 is 0 Å². The number of urea groups is 1. The molecule has 0 unspecified atom stereocenters. The molecule has 33 heavy (non-hydrogen) atoms. The summed E-state index contributed by atoms with van der Waals surface area (Å²) >= 11 is 0. The van der Waals surface area contributed by atoms with E-state index in [1.54, 1.807) is 11.0 Å². The maximum atomic E-state index is 12.9. The highest BCUT2D eigenvalue weighted by molar-refractivity contribution is 6.04. The quantitative estimate of drug-likeness (QED) is 0.706. The third-order valence-electron chi connectivity index (χ3n) is 5.87. The zero-order chi connectivity index (χ0) is 24.0. The number of anilines is 1. The van der Waals surface area contributed by atoms with Gasteiger partial charge >= 0.3 is 12.1 Å². The Labute approximate surface area is 196 Å². The van der Waals surface area contributed by atoms with Crippen molar-refractivity contribution in [3.8, 4) is 0 Å². The Bertz CT molecular complexity index is 853. The summed E-state index contributed by atoms with van der Waals surface area (Å²) in [5.41, 5.74) is 1.46. The minimum absolute atomic E-state index is 0.0330. The lowest BCUT2D eigenvalue weighted by atomic mass is 10.1. The van der Waals surface area contributed by atoms with E-state index < -0.39 is 5.60 Å². The lowest BCUT2D eigenvalue weighted by Crippen LogP contribution is -2.51. The number of carbonyl (C=O) groups excluding carboxylic acids is 3. The van der Waals surface area contributed by atoms with Crippen LogP contribution in [0, 0.1) is 6.92 Å². The first kappa shape index (κ1) is 24.8. The van der Waals surface area contributed by atoms with Crippen molar-refractivity contribution < 1.29 is 19.1 Å². The predicted molar refractivity (Wildman–Crippen MR) is 128 cm³/mol. The van der Waals surface area contributed by atoms with Gasteiger partial charge in [0.2, 0.25) is 0 Å². The first-order chi connectivity index (χ1) is 15.6. The van der Waals surface area contributed by atoms with Gasteiger partial charge in [0.1, 0.15) is 5.60 Å². The number of likely N-dealkylation sites (tertiary alicyclic amines) is 1. The molecule has 0 radical (unpaired) electrons. The van der Waals surface area contributed by atoms with Crippen molar-refractivity contribution in [2.45, 2.75) is 46.1 Å². The van der Waals surface area contributed by atoms with E-state index in [2.05, 4.69) is 15.5 Å². The van der Waals surface area contributed by atoms with Gasteiger partial charge in [-0.1, -0.05) is 12.1 Å². The van der Waals surface area contributed by atoms with E-state index in [0.717, 1.165) is 44.6 Å². The van der Waals surface area contributed by atoms with Gasteiger partial charge in [0.25, 0.3) is 5.91 Å². The van der Waals surface area contributed by atoms with Crippen molar-refractivity contribution in [2.24, 2.45) is 0 Å². The van der Waals surface area contributed by atoms with Crippen LogP contribution in [0.3, 0.4) is 0 Å². The number of carbonyl (C=O) groups is 3. The SMILES string of the molecule is Cc1cccc(C(=O)N2CCCC2)c1NC(=O)NCCN1CCN(C(=O)OC(C)(C)C)CC1. The molecule has 0 aromatic heterocycles. The lowest BCUT2D eigenvalue weighted by molar-refractivity contribution is 0.0147. The second-order valence-electron chi connectivity index (χ2n) is 9.69. The minimum Gasteiger partial charge on any atom is -0.444 e. The fraction of sp³-hybridized carbons (Fsp3) is 0.625. The molecular weight excluding hydrogens is 422 g/mol. The second kappa shape index (κ2) is 10.9. The average Bonchev–Trinajstić information content (AvgIpc) is 3.29. The van der Waals surface area contributed by atoms with E-state index in [9.17, 15) is 14.4 Å². The highest BCUT2D eigenvalue weighted by Gasteiger charge is 2.26. The van der Waals surface area contributed by atoms with Crippen molar-refractivity contribution in [2.75, 3.05) is 57.7 Å². The van der Waals surface area contributed by atoms with Crippen molar-refractivity contribution in [1.82, 2.24) is 20.0 Å². The van der Waals surface area contributed by atoms with Crippen molar-refractivity contribution >= 4 is 23.7 Å². The Morgan fingerprint density at radius 3 is 2.27 bits per heavy atom. The molecule has 0 aliphatic carbocycles. The van der Waals surface area contributed by atoms with Crippen LogP contribution in [0.4, 0.5) is 15.3 Å². The third-order valence-corrected chi connectivity index (χ3v) is 5.87. The summed E-state index contributed by atoms with van der Waals surface area (Å²) in [4.78, 5) is 43.4. The number of ether oxygens (including phenoxy) is 1. The van der Waals surface area contributed by atoms with Gasteiger partial charge in [0.05, 0.1) is 11.3 Å². The number of para-hydroxylation sites is 1. The number of rotatable bonds is 5. The fourth-order valence-electron chi connectivity index (χ4n) is 4.07. The van der Waals surface area contributed by atoms with Gasteiger partial charge in [-0.3, -0.25) is 9.69 Å². The largest absolute Gasteiger partial charge is 0.444 e. The van der Waals surface area contributed by atoms with Crippen LogP contribution < -0.4 is 10.6 Å². The summed E-state index contributed by atoms with van der Waals surface area (Å²) in [6, 6.07) is 5.18. The maximum absolute atomic E-state index is 12.9. The number of hydrogen-bond donors (Lipinski definition) is 2. The Morgan fingerprint density at radius 2 is 1.64 bits per heavy atom. The van der Waals surface area contributed by atoms with Crippen LogP contribution in [0.2, 0.25) is 0 Å². The number of benzene rings is 1. The Hall–Kier alpha value is -2.81. The molecule has 2 aliphatic heterocycles. The van der Waals surface area contributed by atoms with Crippen molar-refractivity contribution in [3.05, 3.63) is 29.3 Å². The predicted octanol–water partition coefficient (Wildman–Crippen LogP) is 2.91. The van der Waals surface area contributed by atoms with E-state index in [1.165, 1.54) is 0 Å². The van der Waals surface area contributed by atoms with E-state index in [4.69, 9.17) is 4.74 Å². The van der Waals surface area contributed by atoms with Crippen LogP contribution in [0.15, 0.2) is 18.2 Å². The fourth-order valence-corrected chi connectivity index (χ4v) is 4.07. The summed E-state index contributed by atoms with van der Waals surface area (Å²) < 4.78 is 5.43. The molecule has 1 aromatic rings. The first-order valence-electron chi connectivity index (χ1n) is 11.8. The van der Waals surface area contributed by atoms with E-state index in [-0.39, 0.29) is 18.0 Å². The first-order valence-corrected chi connectivity index (χ1v) is 11.8. The van der Waals surface area contributed by atoms with Gasteiger partial charge in [-0.25, -0.2) is 9.59 Å². The van der Waals surface area contributed by atoms with Gasteiger partial charge in [0, 0.05) is 52.4 Å². The summed E-state index contributed by atoms with van der Waals surface area (Å²) in [5.74, 6) is -0.0330. The Morgan fingerprint density at radius 1 is 0.970 bits per heavy atom. The minimum atomic E-state index is -0.498. The van der Waals surface area contributed by atoms with E-state index in [0.29, 0.717) is 37.4 Å². The summed E-state index contributed by atoms with van der Waals surface area (Å²) in [5, 5.41) is 5.76. The molecule has 2 aliphatic rings. The molecule has 0 spiro atoms. The number of hydrogen-bond acceptors (Lipinski definition) is 5. The molecule has 2 N–H and O–H groups in total. The number of aryl methyl sites for hydroxylation is 1. The summed E-state index contributed by atoms with van der Waals surface area (Å²) in [6.45, 7) is 12.8. The van der Waals surface area contributed by atoms with Crippen LogP contribution in [-0.4, -0.2) is 90.7 Å². The molecule has 182 valence electrons. The molecule has 2 fully saturated rings. The highest BCUT2D eigenvalue weighted by atomic mass is 16.6. The van der Waals surface area contributed by atoms with Gasteiger partial charge < -0.3 is 25.2 Å². The zero-order valence-corrected chi connectivity index (χ0v) is 20.3. The topological polar surface area (TPSA) is 94.2 Å². The average molecular weight is 460 g/mol. The van der Waals surface area contributed by atoms with E-state index in [1.807, 2.05) is 44.7 Å². The van der Waals surface area contributed by atoms with Crippen LogP contribution in [0.25, 0.3) is 0 Å². The number of piperazine rings is 1. The van der Waals surface area contributed by atoms with Crippen LogP contribution in [0.5, 0.6) is 0 Å². The molecule has 0 saturated carbocycles. The second-order valence-corrected chi connectivity index (χ2v) is 9.69. The summed E-state index contributed by atoms with van der Waals surface area (Å²) in [7, 11) is 0. The van der Waals surface area contributed by atoms with E-state index >= 15 is 0 Å². The zero-order valence-electron chi connectivity index (χ0n) is 20.3. The number of amides is 4. The number of nitrogens with zero attached hydrogens (tertiary/aromatic N) is 3. The maximum Gasteiger partial charge on any atom is 0.410 e. The molecule has 2 heterocycles. The Balaban J connectivity index is 1.44. The van der Waals surface area contributed by atoms with Gasteiger partial charge in [-0.2, -0.15) is 0 Å². The number of nitrogens with one attached hydrogen (secondary N) is 2. The monoisotopic (exact) mass is 459 g/mol. The van der Waals surface area contributed by atoms with Gasteiger partial charge in [-0.15, -0.1) is 0 Å². The van der Waals surface area contributed by atoms with Gasteiger partial charge in [-0.05, 0) is 52.2 Å². The molecular formula is C24H37N5O4. The third kappa shape index (κ3) is 7.08. The van der Waals surface area contributed by atoms with Crippen molar-refractivity contribution in [1.29, 1.82) is 0 Å². The molecule has 4 amide bonds. The molecule has 2 saturated heterocycles.